The zero-order valence-corrected chi connectivity index (χ0v) is 10.8. The molecule has 3 aromatic rings. The number of nitrogens with zero attached hydrogens (tertiary/aromatic N) is 2. The first-order valence-corrected chi connectivity index (χ1v) is 6.09. The number of anilines is 1. The minimum atomic E-state index is -0.333. The molecule has 0 aliphatic rings. The lowest BCUT2D eigenvalue weighted by molar-refractivity contribution is 0.436. The molecule has 2 aromatic heterocycles. The lowest BCUT2D eigenvalue weighted by Crippen LogP contribution is -1.90. The number of aromatic nitrogens is 2. The van der Waals surface area contributed by atoms with E-state index in [1.165, 1.54) is 12.1 Å². The molecule has 2 N–H and O–H groups in total. The summed E-state index contributed by atoms with van der Waals surface area (Å²) in [5, 5.41) is 3.79. The third kappa shape index (κ3) is 2.14. The normalized spacial score (nSPS) is 10.7. The van der Waals surface area contributed by atoms with Crippen molar-refractivity contribution in [1.29, 1.82) is 0 Å². The molecule has 2 heterocycles. The zero-order chi connectivity index (χ0) is 14.1. The van der Waals surface area contributed by atoms with E-state index in [-0.39, 0.29) is 11.6 Å². The molecular formula is C15H12FN3O. The molecule has 0 unspecified atom stereocenters. The molecule has 0 fully saturated rings. The van der Waals surface area contributed by atoms with Crippen molar-refractivity contribution in [2.24, 2.45) is 0 Å². The molecule has 0 aliphatic carbocycles. The summed E-state index contributed by atoms with van der Waals surface area (Å²) in [6.07, 6.45) is 1.68. The van der Waals surface area contributed by atoms with E-state index in [2.05, 4.69) is 10.1 Å². The molecule has 0 amide bonds. The topological polar surface area (TPSA) is 64.9 Å². The molecular weight excluding hydrogens is 257 g/mol. The van der Waals surface area contributed by atoms with E-state index in [4.69, 9.17) is 10.3 Å². The zero-order valence-electron chi connectivity index (χ0n) is 10.8. The van der Waals surface area contributed by atoms with Gasteiger partial charge in [-0.3, -0.25) is 4.98 Å². The number of nitrogens with two attached hydrogens (primary N) is 1. The highest BCUT2D eigenvalue weighted by atomic mass is 19.1. The second-order valence-electron chi connectivity index (χ2n) is 4.47. The summed E-state index contributed by atoms with van der Waals surface area (Å²) in [7, 11) is 0. The fourth-order valence-corrected chi connectivity index (χ4v) is 2.11. The Labute approximate surface area is 115 Å². The number of benzene rings is 1. The molecule has 100 valence electrons. The van der Waals surface area contributed by atoms with Crippen molar-refractivity contribution in [3.63, 3.8) is 0 Å². The van der Waals surface area contributed by atoms with E-state index in [0.717, 1.165) is 11.3 Å². The van der Waals surface area contributed by atoms with Gasteiger partial charge in [0.25, 0.3) is 0 Å². The van der Waals surface area contributed by atoms with E-state index >= 15 is 0 Å². The van der Waals surface area contributed by atoms with Crippen LogP contribution in [0.2, 0.25) is 0 Å². The van der Waals surface area contributed by atoms with Crippen molar-refractivity contribution in [1.82, 2.24) is 10.1 Å². The van der Waals surface area contributed by atoms with E-state index < -0.39 is 0 Å². The van der Waals surface area contributed by atoms with Gasteiger partial charge in [-0.2, -0.15) is 0 Å². The monoisotopic (exact) mass is 269 g/mol. The van der Waals surface area contributed by atoms with Crippen molar-refractivity contribution in [2.45, 2.75) is 6.92 Å². The van der Waals surface area contributed by atoms with Gasteiger partial charge in [-0.15, -0.1) is 0 Å². The maximum atomic E-state index is 13.4. The Morgan fingerprint density at radius 2 is 2.00 bits per heavy atom. The van der Waals surface area contributed by atoms with Crippen LogP contribution in [0.4, 0.5) is 10.2 Å². The lowest BCUT2D eigenvalue weighted by Gasteiger charge is -2.03. The summed E-state index contributed by atoms with van der Waals surface area (Å²) in [5.41, 5.74) is 8.74. The minimum Gasteiger partial charge on any atom is -0.380 e. The van der Waals surface area contributed by atoms with Crippen molar-refractivity contribution < 1.29 is 8.91 Å². The summed E-state index contributed by atoms with van der Waals surface area (Å²) in [5.74, 6) is 0.415. The van der Waals surface area contributed by atoms with Gasteiger partial charge in [0.05, 0.1) is 5.56 Å². The highest BCUT2D eigenvalue weighted by Crippen LogP contribution is 2.36. The van der Waals surface area contributed by atoms with E-state index in [0.29, 0.717) is 16.9 Å². The van der Waals surface area contributed by atoms with Crippen LogP contribution in [-0.2, 0) is 0 Å². The Morgan fingerprint density at radius 1 is 1.15 bits per heavy atom. The van der Waals surface area contributed by atoms with Crippen LogP contribution in [0.1, 0.15) is 5.69 Å². The number of aryl methyl sites for hydroxylation is 1. The maximum Gasteiger partial charge on any atom is 0.177 e. The first-order valence-electron chi connectivity index (χ1n) is 6.09. The summed E-state index contributed by atoms with van der Waals surface area (Å²) in [4.78, 5) is 4.14. The van der Waals surface area contributed by atoms with Gasteiger partial charge in [-0.05, 0) is 36.8 Å². The van der Waals surface area contributed by atoms with Crippen LogP contribution >= 0.6 is 0 Å². The molecule has 0 atom stereocenters. The molecule has 1 aromatic carbocycles. The first kappa shape index (κ1) is 12.3. The molecule has 20 heavy (non-hydrogen) atoms. The maximum absolute atomic E-state index is 13.4. The average Bonchev–Trinajstić information content (AvgIpc) is 2.80. The van der Waals surface area contributed by atoms with Crippen molar-refractivity contribution >= 4 is 5.82 Å². The number of hydrogen-bond acceptors (Lipinski definition) is 4. The summed E-state index contributed by atoms with van der Waals surface area (Å²) in [6, 6.07) is 9.84. The standard InChI is InChI=1S/C15H12FN3O/c1-9-7-11(5-6-18-9)14-13(15(17)19-20-14)10-3-2-4-12(16)8-10/h2-8H,1H3,(H2,17,19). The predicted octanol–water partition coefficient (Wildman–Crippen LogP) is 3.43. The van der Waals surface area contributed by atoms with Crippen LogP contribution < -0.4 is 5.73 Å². The molecule has 4 nitrogen and oxygen atoms in total. The Balaban J connectivity index is 2.20. The Kier molecular flexibility index (Phi) is 2.95. The molecule has 5 heteroatoms. The Morgan fingerprint density at radius 3 is 2.75 bits per heavy atom. The second kappa shape index (κ2) is 4.77. The third-order valence-electron chi connectivity index (χ3n) is 2.99. The largest absolute Gasteiger partial charge is 0.380 e. The van der Waals surface area contributed by atoms with E-state index in [1.54, 1.807) is 24.4 Å². The fourth-order valence-electron chi connectivity index (χ4n) is 2.11. The molecule has 3 rings (SSSR count). The minimum absolute atomic E-state index is 0.236. The number of hydrogen-bond donors (Lipinski definition) is 1. The Bertz CT molecular complexity index is 767. The van der Waals surface area contributed by atoms with Gasteiger partial charge >= 0.3 is 0 Å². The van der Waals surface area contributed by atoms with Crippen LogP contribution in [0.15, 0.2) is 47.1 Å². The lowest BCUT2D eigenvalue weighted by atomic mass is 10.0. The quantitative estimate of drug-likeness (QED) is 0.774. The van der Waals surface area contributed by atoms with Crippen LogP contribution in [0, 0.1) is 12.7 Å². The SMILES string of the molecule is Cc1cc(-c2onc(N)c2-c2cccc(F)c2)ccn1. The van der Waals surface area contributed by atoms with Gasteiger partial charge in [0.2, 0.25) is 0 Å². The van der Waals surface area contributed by atoms with Crippen LogP contribution in [0.25, 0.3) is 22.5 Å². The van der Waals surface area contributed by atoms with Crippen LogP contribution in [0.5, 0.6) is 0 Å². The number of nitrogen functional groups attached to an aromatic ring is 1. The molecule has 0 saturated carbocycles. The second-order valence-corrected chi connectivity index (χ2v) is 4.47. The first-order chi connectivity index (χ1) is 9.65. The fraction of sp³-hybridized carbons (Fsp3) is 0.0667. The summed E-state index contributed by atoms with van der Waals surface area (Å²) >= 11 is 0. The van der Waals surface area contributed by atoms with Crippen molar-refractivity contribution in [3.05, 3.63) is 54.1 Å². The molecule has 0 aliphatic heterocycles. The van der Waals surface area contributed by atoms with E-state index in [1.807, 2.05) is 13.0 Å². The van der Waals surface area contributed by atoms with Gasteiger partial charge in [-0.25, -0.2) is 4.39 Å². The predicted molar refractivity (Wildman–Crippen MR) is 74.3 cm³/mol. The molecule has 0 bridgehead atoms. The average molecular weight is 269 g/mol. The van der Waals surface area contributed by atoms with Crippen LogP contribution in [0.3, 0.4) is 0 Å². The number of rotatable bonds is 2. The van der Waals surface area contributed by atoms with Gasteiger partial charge in [0, 0.05) is 17.5 Å². The number of pyridine rings is 1. The molecule has 0 radical (unpaired) electrons. The van der Waals surface area contributed by atoms with Gasteiger partial charge in [0.15, 0.2) is 11.6 Å². The Hall–Kier alpha value is -2.69. The smallest absolute Gasteiger partial charge is 0.177 e. The van der Waals surface area contributed by atoms with Crippen molar-refractivity contribution in [2.75, 3.05) is 5.73 Å². The number of halogens is 1. The third-order valence-corrected chi connectivity index (χ3v) is 2.99. The van der Waals surface area contributed by atoms with Crippen LogP contribution in [-0.4, -0.2) is 10.1 Å². The molecule has 0 spiro atoms. The summed E-state index contributed by atoms with van der Waals surface area (Å²) in [6.45, 7) is 1.88. The molecule has 0 saturated heterocycles. The summed E-state index contributed by atoms with van der Waals surface area (Å²) < 4.78 is 18.7. The van der Waals surface area contributed by atoms with Crippen molar-refractivity contribution in [3.8, 4) is 22.5 Å². The highest BCUT2D eigenvalue weighted by Gasteiger charge is 2.18. The van der Waals surface area contributed by atoms with Gasteiger partial charge in [0.1, 0.15) is 5.82 Å². The van der Waals surface area contributed by atoms with Gasteiger partial charge < -0.3 is 10.3 Å². The van der Waals surface area contributed by atoms with Gasteiger partial charge in [-0.1, -0.05) is 17.3 Å². The highest BCUT2D eigenvalue weighted by molar-refractivity contribution is 5.86. The van der Waals surface area contributed by atoms with E-state index in [9.17, 15) is 4.39 Å².